The number of nitrogens with two attached hydrogens (primary N) is 1. The lowest BCUT2D eigenvalue weighted by Gasteiger charge is -2.18. The molecule has 0 aromatic heterocycles. The topological polar surface area (TPSA) is 58.4 Å². The van der Waals surface area contributed by atoms with Gasteiger partial charge in [0.15, 0.2) is 0 Å². The summed E-state index contributed by atoms with van der Waals surface area (Å²) in [5.41, 5.74) is 9.34. The molecule has 3 N–H and O–H groups in total. The molecular weight excluding hydrogens is 238 g/mol. The maximum atomic E-state index is 11.9. The highest BCUT2D eigenvalue weighted by Crippen LogP contribution is 2.23. The SMILES string of the molecule is Cc1ccc(C2CN(CC(C)CN)C(=O)N2)cc1C. The molecule has 1 heterocycles. The van der Waals surface area contributed by atoms with Gasteiger partial charge in [0.1, 0.15) is 0 Å². The molecule has 19 heavy (non-hydrogen) atoms. The summed E-state index contributed by atoms with van der Waals surface area (Å²) in [6.45, 7) is 8.33. The maximum Gasteiger partial charge on any atom is 0.318 e. The zero-order valence-electron chi connectivity index (χ0n) is 11.9. The van der Waals surface area contributed by atoms with Gasteiger partial charge in [0.25, 0.3) is 0 Å². The van der Waals surface area contributed by atoms with Crippen molar-refractivity contribution in [1.82, 2.24) is 10.2 Å². The van der Waals surface area contributed by atoms with E-state index in [1.807, 2.05) is 4.90 Å². The fourth-order valence-corrected chi connectivity index (χ4v) is 2.37. The van der Waals surface area contributed by atoms with Gasteiger partial charge in [-0.05, 0) is 43.0 Å². The van der Waals surface area contributed by atoms with Gasteiger partial charge < -0.3 is 16.0 Å². The second-order valence-corrected chi connectivity index (χ2v) is 5.59. The van der Waals surface area contributed by atoms with Crippen molar-refractivity contribution in [2.45, 2.75) is 26.8 Å². The molecule has 2 atom stereocenters. The second kappa shape index (κ2) is 5.61. The maximum absolute atomic E-state index is 11.9. The molecular formula is C15H23N3O. The normalized spacial score (nSPS) is 20.5. The van der Waals surface area contributed by atoms with Gasteiger partial charge >= 0.3 is 6.03 Å². The number of carbonyl (C=O) groups excluding carboxylic acids is 1. The highest BCUT2D eigenvalue weighted by molar-refractivity contribution is 5.77. The molecule has 1 aliphatic heterocycles. The first kappa shape index (κ1) is 13.9. The third-order valence-corrected chi connectivity index (χ3v) is 3.86. The minimum Gasteiger partial charge on any atom is -0.330 e. The monoisotopic (exact) mass is 261 g/mol. The van der Waals surface area contributed by atoms with E-state index in [1.54, 1.807) is 0 Å². The van der Waals surface area contributed by atoms with Gasteiger partial charge in [-0.3, -0.25) is 0 Å². The van der Waals surface area contributed by atoms with Crippen LogP contribution >= 0.6 is 0 Å². The van der Waals surface area contributed by atoms with Gasteiger partial charge in [0, 0.05) is 13.1 Å². The molecule has 1 aliphatic rings. The van der Waals surface area contributed by atoms with Crippen molar-refractivity contribution < 1.29 is 4.79 Å². The summed E-state index contributed by atoms with van der Waals surface area (Å²) in [7, 11) is 0. The summed E-state index contributed by atoms with van der Waals surface area (Å²) < 4.78 is 0. The highest BCUT2D eigenvalue weighted by atomic mass is 16.2. The van der Waals surface area contributed by atoms with E-state index in [0.29, 0.717) is 12.5 Å². The third-order valence-electron chi connectivity index (χ3n) is 3.86. The Balaban J connectivity index is 2.07. The zero-order chi connectivity index (χ0) is 14.0. The number of carbonyl (C=O) groups is 1. The standard InChI is InChI=1S/C15H23N3O/c1-10(7-16)8-18-9-14(17-15(18)19)13-5-4-11(2)12(3)6-13/h4-6,10,14H,7-9,16H2,1-3H3,(H,17,19). The fraction of sp³-hybridized carbons (Fsp3) is 0.533. The number of hydrogen-bond donors (Lipinski definition) is 2. The smallest absolute Gasteiger partial charge is 0.318 e. The van der Waals surface area contributed by atoms with E-state index in [9.17, 15) is 4.79 Å². The Morgan fingerprint density at radius 1 is 1.42 bits per heavy atom. The van der Waals surface area contributed by atoms with E-state index in [0.717, 1.165) is 13.1 Å². The van der Waals surface area contributed by atoms with Crippen molar-refractivity contribution >= 4 is 6.03 Å². The molecule has 0 saturated carbocycles. The van der Waals surface area contributed by atoms with Crippen LogP contribution in [0.3, 0.4) is 0 Å². The summed E-state index contributed by atoms with van der Waals surface area (Å²) in [5, 5.41) is 3.04. The minimum atomic E-state index is 0.0172. The van der Waals surface area contributed by atoms with E-state index >= 15 is 0 Å². The van der Waals surface area contributed by atoms with E-state index in [-0.39, 0.29) is 12.1 Å². The molecule has 4 nitrogen and oxygen atoms in total. The van der Waals surface area contributed by atoms with Gasteiger partial charge in [0.2, 0.25) is 0 Å². The number of nitrogens with zero attached hydrogens (tertiary/aromatic N) is 1. The van der Waals surface area contributed by atoms with E-state index in [1.165, 1.54) is 16.7 Å². The van der Waals surface area contributed by atoms with Crippen LogP contribution in [0.2, 0.25) is 0 Å². The molecule has 0 spiro atoms. The Bertz CT molecular complexity index is 472. The predicted octanol–water partition coefficient (Wildman–Crippen LogP) is 1.96. The lowest BCUT2D eigenvalue weighted by atomic mass is 10.0. The van der Waals surface area contributed by atoms with Crippen LogP contribution in [0.4, 0.5) is 4.79 Å². The Labute approximate surface area is 115 Å². The van der Waals surface area contributed by atoms with Crippen LogP contribution < -0.4 is 11.1 Å². The summed E-state index contributed by atoms with van der Waals surface area (Å²) in [5.74, 6) is 0.337. The largest absolute Gasteiger partial charge is 0.330 e. The Morgan fingerprint density at radius 3 is 2.79 bits per heavy atom. The number of amides is 2. The summed E-state index contributed by atoms with van der Waals surface area (Å²) in [6.07, 6.45) is 0. The first-order valence-electron chi connectivity index (χ1n) is 6.84. The summed E-state index contributed by atoms with van der Waals surface area (Å²) >= 11 is 0. The van der Waals surface area contributed by atoms with Crippen LogP contribution in [0.1, 0.15) is 29.7 Å². The van der Waals surface area contributed by atoms with Crippen molar-refractivity contribution in [3.63, 3.8) is 0 Å². The van der Waals surface area contributed by atoms with Gasteiger partial charge in [-0.1, -0.05) is 25.1 Å². The molecule has 0 bridgehead atoms. The molecule has 1 aromatic rings. The van der Waals surface area contributed by atoms with Crippen LogP contribution in [0.5, 0.6) is 0 Å². The first-order chi connectivity index (χ1) is 9.01. The van der Waals surface area contributed by atoms with Crippen LogP contribution in [-0.4, -0.2) is 30.6 Å². The average Bonchev–Trinajstić information content (AvgIpc) is 2.74. The van der Waals surface area contributed by atoms with Gasteiger partial charge in [-0.15, -0.1) is 0 Å². The molecule has 1 saturated heterocycles. The number of nitrogens with one attached hydrogen (secondary N) is 1. The minimum absolute atomic E-state index is 0.0172. The number of urea groups is 1. The fourth-order valence-electron chi connectivity index (χ4n) is 2.37. The van der Waals surface area contributed by atoms with Crippen molar-refractivity contribution in [3.05, 3.63) is 34.9 Å². The Kier molecular flexibility index (Phi) is 4.10. The number of benzene rings is 1. The van der Waals surface area contributed by atoms with Gasteiger partial charge in [-0.2, -0.15) is 0 Å². The average molecular weight is 261 g/mol. The summed E-state index contributed by atoms with van der Waals surface area (Å²) in [4.78, 5) is 13.8. The first-order valence-corrected chi connectivity index (χ1v) is 6.84. The number of hydrogen-bond acceptors (Lipinski definition) is 2. The van der Waals surface area contributed by atoms with Crippen molar-refractivity contribution in [3.8, 4) is 0 Å². The van der Waals surface area contributed by atoms with Crippen LogP contribution in [0, 0.1) is 19.8 Å². The van der Waals surface area contributed by atoms with E-state index < -0.39 is 0 Å². The Morgan fingerprint density at radius 2 is 2.16 bits per heavy atom. The van der Waals surface area contributed by atoms with E-state index in [4.69, 9.17) is 5.73 Å². The quantitative estimate of drug-likeness (QED) is 0.870. The van der Waals surface area contributed by atoms with Crippen LogP contribution in [0.15, 0.2) is 18.2 Å². The second-order valence-electron chi connectivity index (χ2n) is 5.59. The van der Waals surface area contributed by atoms with Crippen molar-refractivity contribution in [2.24, 2.45) is 11.7 Å². The van der Waals surface area contributed by atoms with Gasteiger partial charge in [-0.25, -0.2) is 4.79 Å². The van der Waals surface area contributed by atoms with Crippen molar-refractivity contribution in [1.29, 1.82) is 0 Å². The highest BCUT2D eigenvalue weighted by Gasteiger charge is 2.30. The van der Waals surface area contributed by atoms with Crippen LogP contribution in [-0.2, 0) is 0 Å². The molecule has 1 aromatic carbocycles. The molecule has 2 unspecified atom stereocenters. The molecule has 2 amide bonds. The molecule has 104 valence electrons. The van der Waals surface area contributed by atoms with Gasteiger partial charge in [0.05, 0.1) is 6.04 Å². The third kappa shape index (κ3) is 3.07. The number of aryl methyl sites for hydroxylation is 2. The van der Waals surface area contributed by atoms with Crippen LogP contribution in [0.25, 0.3) is 0 Å². The molecule has 2 rings (SSSR count). The molecule has 0 radical (unpaired) electrons. The molecule has 1 fully saturated rings. The lowest BCUT2D eigenvalue weighted by molar-refractivity contribution is 0.211. The zero-order valence-corrected chi connectivity index (χ0v) is 11.9. The van der Waals surface area contributed by atoms with Crippen molar-refractivity contribution in [2.75, 3.05) is 19.6 Å². The molecule has 0 aliphatic carbocycles. The number of rotatable bonds is 4. The molecule has 4 heteroatoms. The lowest BCUT2D eigenvalue weighted by Crippen LogP contribution is -2.34. The Hall–Kier alpha value is -1.55. The predicted molar refractivity (Wildman–Crippen MR) is 77.0 cm³/mol. The van der Waals surface area contributed by atoms with E-state index in [2.05, 4.69) is 44.3 Å². The summed E-state index contributed by atoms with van der Waals surface area (Å²) in [6, 6.07) is 6.49.